The Hall–Kier alpha value is -3.17. The maximum atomic E-state index is 12.1. The standard InChI is InChI=1S/C25H23NO2/c1-17-13-22-21(15-24(27)28-23(22)14-18(17)2)16-26-25(19-9-5-3-6-10-19)20-11-7-4-8-12-20/h3-15,25-26H,16H2,1-2H3/p+1. The fourth-order valence-electron chi connectivity index (χ4n) is 3.68. The molecule has 0 spiro atoms. The van der Waals surface area contributed by atoms with Gasteiger partial charge in [0.2, 0.25) is 0 Å². The summed E-state index contributed by atoms with van der Waals surface area (Å²) in [7, 11) is 0. The van der Waals surface area contributed by atoms with Crippen LogP contribution in [0.4, 0.5) is 0 Å². The Balaban J connectivity index is 1.72. The first kappa shape index (κ1) is 18.2. The van der Waals surface area contributed by atoms with Crippen molar-refractivity contribution in [3.8, 4) is 0 Å². The van der Waals surface area contributed by atoms with Crippen LogP contribution in [0.3, 0.4) is 0 Å². The van der Waals surface area contributed by atoms with Crippen LogP contribution in [0.2, 0.25) is 0 Å². The molecule has 3 nitrogen and oxygen atoms in total. The lowest BCUT2D eigenvalue weighted by molar-refractivity contribution is -0.702. The zero-order valence-corrected chi connectivity index (χ0v) is 16.2. The predicted molar refractivity (Wildman–Crippen MR) is 112 cm³/mol. The smallest absolute Gasteiger partial charge is 0.336 e. The maximum absolute atomic E-state index is 12.1. The Bertz CT molecular complexity index is 1110. The Morgan fingerprint density at radius 3 is 2.00 bits per heavy atom. The third kappa shape index (κ3) is 3.75. The number of hydrogen-bond acceptors (Lipinski definition) is 2. The van der Waals surface area contributed by atoms with Crippen LogP contribution < -0.4 is 10.9 Å². The van der Waals surface area contributed by atoms with Crippen LogP contribution in [0.1, 0.15) is 33.9 Å². The fourth-order valence-corrected chi connectivity index (χ4v) is 3.68. The number of benzene rings is 3. The van der Waals surface area contributed by atoms with Crippen molar-refractivity contribution >= 4 is 11.0 Å². The first-order valence-electron chi connectivity index (χ1n) is 9.59. The van der Waals surface area contributed by atoms with Crippen molar-refractivity contribution in [1.29, 1.82) is 0 Å². The van der Waals surface area contributed by atoms with Crippen LogP contribution in [0.15, 0.2) is 88.1 Å². The van der Waals surface area contributed by atoms with E-state index in [2.05, 4.69) is 66.8 Å². The summed E-state index contributed by atoms with van der Waals surface area (Å²) >= 11 is 0. The summed E-state index contributed by atoms with van der Waals surface area (Å²) in [5.74, 6) is 0. The molecule has 0 aliphatic rings. The van der Waals surface area contributed by atoms with Crippen LogP contribution in [-0.2, 0) is 6.54 Å². The molecule has 0 unspecified atom stereocenters. The van der Waals surface area contributed by atoms with Gasteiger partial charge in [0.25, 0.3) is 0 Å². The maximum Gasteiger partial charge on any atom is 0.336 e. The zero-order chi connectivity index (χ0) is 19.5. The van der Waals surface area contributed by atoms with E-state index >= 15 is 0 Å². The van der Waals surface area contributed by atoms with E-state index in [1.54, 1.807) is 6.07 Å². The number of aryl methyl sites for hydroxylation is 2. The Morgan fingerprint density at radius 2 is 1.39 bits per heavy atom. The lowest BCUT2D eigenvalue weighted by Crippen LogP contribution is -2.84. The average molecular weight is 370 g/mol. The minimum atomic E-state index is -0.296. The summed E-state index contributed by atoms with van der Waals surface area (Å²) in [5.41, 5.74) is 6.19. The highest BCUT2D eigenvalue weighted by Gasteiger charge is 2.18. The monoisotopic (exact) mass is 370 g/mol. The molecule has 4 rings (SSSR count). The average Bonchev–Trinajstić information content (AvgIpc) is 2.71. The number of fused-ring (bicyclic) bond motifs is 1. The van der Waals surface area contributed by atoms with E-state index in [1.165, 1.54) is 16.7 Å². The van der Waals surface area contributed by atoms with Crippen molar-refractivity contribution in [3.05, 3.63) is 117 Å². The van der Waals surface area contributed by atoms with Crippen molar-refractivity contribution in [1.82, 2.24) is 0 Å². The summed E-state index contributed by atoms with van der Waals surface area (Å²) in [6.45, 7) is 4.82. The molecule has 0 saturated carbocycles. The van der Waals surface area contributed by atoms with Gasteiger partial charge in [-0.25, -0.2) is 4.79 Å². The van der Waals surface area contributed by atoms with Crippen molar-refractivity contribution in [3.63, 3.8) is 0 Å². The summed E-state index contributed by atoms with van der Waals surface area (Å²) < 4.78 is 5.44. The molecule has 1 heterocycles. The van der Waals surface area contributed by atoms with E-state index in [0.717, 1.165) is 16.5 Å². The van der Waals surface area contributed by atoms with Crippen LogP contribution in [-0.4, -0.2) is 0 Å². The van der Waals surface area contributed by atoms with Gasteiger partial charge >= 0.3 is 5.63 Å². The molecule has 1 aromatic heterocycles. The molecule has 3 aromatic carbocycles. The summed E-state index contributed by atoms with van der Waals surface area (Å²) in [6.07, 6.45) is 0. The first-order chi connectivity index (χ1) is 13.6. The SMILES string of the molecule is Cc1cc2oc(=O)cc(C[NH2+]C(c3ccccc3)c3ccccc3)c2cc1C. The lowest BCUT2D eigenvalue weighted by atomic mass is 9.98. The van der Waals surface area contributed by atoms with Gasteiger partial charge in [0.05, 0.1) is 0 Å². The normalized spacial score (nSPS) is 11.2. The number of rotatable bonds is 5. The van der Waals surface area contributed by atoms with E-state index in [9.17, 15) is 4.79 Å². The number of hydrogen-bond donors (Lipinski definition) is 1. The van der Waals surface area contributed by atoms with Gasteiger partial charge in [0.15, 0.2) is 0 Å². The highest BCUT2D eigenvalue weighted by atomic mass is 16.4. The Kier molecular flexibility index (Phi) is 5.09. The molecule has 4 aromatic rings. The molecular weight excluding hydrogens is 346 g/mol. The van der Waals surface area contributed by atoms with Crippen molar-refractivity contribution in [2.45, 2.75) is 26.4 Å². The number of quaternary nitrogens is 1. The molecule has 28 heavy (non-hydrogen) atoms. The fraction of sp³-hybridized carbons (Fsp3) is 0.160. The van der Waals surface area contributed by atoms with E-state index < -0.39 is 0 Å². The molecule has 0 radical (unpaired) electrons. The van der Waals surface area contributed by atoms with Crippen LogP contribution in [0.5, 0.6) is 0 Å². The van der Waals surface area contributed by atoms with Gasteiger partial charge in [0, 0.05) is 28.1 Å². The zero-order valence-electron chi connectivity index (χ0n) is 16.2. The molecule has 0 fully saturated rings. The minimum Gasteiger partial charge on any atom is -0.423 e. The molecule has 0 atom stereocenters. The van der Waals surface area contributed by atoms with E-state index in [0.29, 0.717) is 12.1 Å². The van der Waals surface area contributed by atoms with Gasteiger partial charge in [-0.3, -0.25) is 0 Å². The summed E-state index contributed by atoms with van der Waals surface area (Å²) in [5, 5.41) is 3.30. The molecule has 2 N–H and O–H groups in total. The van der Waals surface area contributed by atoms with Gasteiger partial charge in [-0.05, 0) is 37.1 Å². The third-order valence-electron chi connectivity index (χ3n) is 5.34. The summed E-state index contributed by atoms with van der Waals surface area (Å²) in [6, 6.07) is 26.8. The van der Waals surface area contributed by atoms with Crippen molar-refractivity contribution in [2.75, 3.05) is 0 Å². The highest BCUT2D eigenvalue weighted by Crippen LogP contribution is 2.22. The Morgan fingerprint density at radius 1 is 0.821 bits per heavy atom. The van der Waals surface area contributed by atoms with Gasteiger partial charge in [0.1, 0.15) is 18.2 Å². The lowest BCUT2D eigenvalue weighted by Gasteiger charge is -2.17. The molecule has 0 aliphatic carbocycles. The van der Waals surface area contributed by atoms with Crippen LogP contribution >= 0.6 is 0 Å². The van der Waals surface area contributed by atoms with Gasteiger partial charge in [-0.2, -0.15) is 0 Å². The van der Waals surface area contributed by atoms with Crippen LogP contribution in [0, 0.1) is 13.8 Å². The summed E-state index contributed by atoms with van der Waals surface area (Å²) in [4.78, 5) is 12.1. The van der Waals surface area contributed by atoms with Crippen molar-refractivity contribution < 1.29 is 9.73 Å². The quantitative estimate of drug-likeness (QED) is 0.534. The molecule has 140 valence electrons. The van der Waals surface area contributed by atoms with Gasteiger partial charge in [-0.15, -0.1) is 0 Å². The largest absolute Gasteiger partial charge is 0.423 e. The van der Waals surface area contributed by atoms with E-state index in [-0.39, 0.29) is 11.7 Å². The van der Waals surface area contributed by atoms with Gasteiger partial charge < -0.3 is 9.73 Å². The molecule has 0 amide bonds. The molecule has 0 bridgehead atoms. The van der Waals surface area contributed by atoms with Gasteiger partial charge in [-0.1, -0.05) is 60.7 Å². The first-order valence-corrected chi connectivity index (χ1v) is 9.59. The van der Waals surface area contributed by atoms with E-state index in [1.807, 2.05) is 25.1 Å². The number of nitrogens with two attached hydrogens (primary N) is 1. The topological polar surface area (TPSA) is 46.8 Å². The predicted octanol–water partition coefficient (Wildman–Crippen LogP) is 4.26. The second kappa shape index (κ2) is 7.83. The van der Waals surface area contributed by atoms with E-state index in [4.69, 9.17) is 4.42 Å². The molecule has 3 heteroatoms. The van der Waals surface area contributed by atoms with Crippen molar-refractivity contribution in [2.24, 2.45) is 0 Å². The third-order valence-corrected chi connectivity index (χ3v) is 5.34. The minimum absolute atomic E-state index is 0.163. The molecular formula is C25H24NO2+. The Labute approximate surface area is 164 Å². The van der Waals surface area contributed by atoms with Crippen LogP contribution in [0.25, 0.3) is 11.0 Å². The second-order valence-corrected chi connectivity index (χ2v) is 7.26. The highest BCUT2D eigenvalue weighted by molar-refractivity contribution is 5.81. The molecule has 0 aliphatic heterocycles. The molecule has 0 saturated heterocycles. The second-order valence-electron chi connectivity index (χ2n) is 7.26.